The minimum absolute atomic E-state index is 0.118. The highest BCUT2D eigenvalue weighted by Gasteiger charge is 2.32. The number of nitrogens with zero attached hydrogens (tertiary/aromatic N) is 2. The van der Waals surface area contributed by atoms with Gasteiger partial charge in [0.15, 0.2) is 5.82 Å². The Kier molecular flexibility index (Phi) is 3.18. The molecule has 2 aliphatic rings. The summed E-state index contributed by atoms with van der Waals surface area (Å²) in [5, 5.41) is 4.12. The molecule has 18 heavy (non-hydrogen) atoms. The van der Waals surface area contributed by atoms with Crippen LogP contribution in [0.25, 0.3) is 0 Å². The average molecular weight is 248 g/mol. The number of aromatic nitrogens is 2. The molecule has 98 valence electrons. The van der Waals surface area contributed by atoms with E-state index in [4.69, 9.17) is 4.52 Å². The molecule has 1 aromatic heterocycles. The molecule has 0 saturated heterocycles. The molecular formula is C14H20N2O2. The van der Waals surface area contributed by atoms with Gasteiger partial charge in [-0.25, -0.2) is 0 Å². The molecule has 0 aliphatic heterocycles. The third kappa shape index (κ3) is 2.20. The predicted octanol–water partition coefficient (Wildman–Crippen LogP) is 3.20. The molecule has 1 aromatic rings. The molecule has 0 bridgehead atoms. The summed E-state index contributed by atoms with van der Waals surface area (Å²) in [6.45, 7) is 2.29. The molecule has 3 rings (SSSR count). The number of Topliss-reactive ketones (excluding diaryl/α,β-unsaturated/α-hetero) is 1. The van der Waals surface area contributed by atoms with Gasteiger partial charge in [-0.2, -0.15) is 4.98 Å². The minimum atomic E-state index is -0.118. The number of ketones is 1. The average Bonchev–Trinajstić information content (AvgIpc) is 2.97. The van der Waals surface area contributed by atoms with Gasteiger partial charge in [0.1, 0.15) is 5.78 Å². The van der Waals surface area contributed by atoms with Crippen molar-refractivity contribution in [1.29, 1.82) is 0 Å². The second-order valence-electron chi connectivity index (χ2n) is 5.87. The second-order valence-corrected chi connectivity index (χ2v) is 5.87. The van der Waals surface area contributed by atoms with Crippen molar-refractivity contribution in [3.8, 4) is 0 Å². The first-order chi connectivity index (χ1) is 8.74. The molecule has 1 heterocycles. The molecule has 4 heteroatoms. The van der Waals surface area contributed by atoms with Crippen molar-refractivity contribution in [1.82, 2.24) is 10.1 Å². The van der Waals surface area contributed by atoms with E-state index in [0.717, 1.165) is 37.4 Å². The normalized spacial score (nSPS) is 32.9. The monoisotopic (exact) mass is 248 g/mol. The van der Waals surface area contributed by atoms with Gasteiger partial charge in [-0.15, -0.1) is 0 Å². The van der Waals surface area contributed by atoms with E-state index in [1.165, 1.54) is 12.8 Å². The van der Waals surface area contributed by atoms with E-state index < -0.39 is 0 Å². The van der Waals surface area contributed by atoms with Gasteiger partial charge in [-0.3, -0.25) is 4.79 Å². The molecule has 3 atom stereocenters. The Bertz CT molecular complexity index is 441. The lowest BCUT2D eigenvalue weighted by molar-refractivity contribution is -0.119. The molecular weight excluding hydrogens is 228 g/mol. The summed E-state index contributed by atoms with van der Waals surface area (Å²) in [5.74, 6) is 2.72. The van der Waals surface area contributed by atoms with Crippen molar-refractivity contribution < 1.29 is 9.32 Å². The van der Waals surface area contributed by atoms with Crippen LogP contribution in [0.2, 0.25) is 0 Å². The Morgan fingerprint density at radius 1 is 1.22 bits per heavy atom. The van der Waals surface area contributed by atoms with Crippen LogP contribution in [0.4, 0.5) is 0 Å². The van der Waals surface area contributed by atoms with Gasteiger partial charge in [0, 0.05) is 12.3 Å². The molecule has 2 aliphatic carbocycles. The van der Waals surface area contributed by atoms with E-state index in [0.29, 0.717) is 18.2 Å². The van der Waals surface area contributed by atoms with Gasteiger partial charge in [0.05, 0.1) is 5.92 Å². The standard InChI is InChI=1S/C14H20N2O2/c1-9-4-2-5-10(8-9)13-15-14(18-16-13)11-6-3-7-12(11)17/h9-11H,2-8H2,1H3. The fourth-order valence-corrected chi connectivity index (χ4v) is 3.30. The van der Waals surface area contributed by atoms with E-state index >= 15 is 0 Å². The van der Waals surface area contributed by atoms with Gasteiger partial charge >= 0.3 is 0 Å². The topological polar surface area (TPSA) is 56.0 Å². The maximum Gasteiger partial charge on any atom is 0.237 e. The van der Waals surface area contributed by atoms with E-state index in [1.54, 1.807) is 0 Å². The first-order valence-corrected chi connectivity index (χ1v) is 7.10. The molecule has 0 aromatic carbocycles. The van der Waals surface area contributed by atoms with Crippen LogP contribution in [0.1, 0.15) is 75.4 Å². The van der Waals surface area contributed by atoms with Crippen LogP contribution in [-0.4, -0.2) is 15.9 Å². The minimum Gasteiger partial charge on any atom is -0.339 e. The van der Waals surface area contributed by atoms with Crippen molar-refractivity contribution in [2.45, 2.75) is 63.7 Å². The SMILES string of the molecule is CC1CCCC(c2noc(C3CCCC3=O)n2)C1. The molecule has 3 unspecified atom stereocenters. The Balaban J connectivity index is 1.74. The summed E-state index contributed by atoms with van der Waals surface area (Å²) < 4.78 is 5.33. The van der Waals surface area contributed by atoms with Crippen LogP contribution in [0.15, 0.2) is 4.52 Å². The molecule has 0 radical (unpaired) electrons. The smallest absolute Gasteiger partial charge is 0.237 e. The van der Waals surface area contributed by atoms with Crippen molar-refractivity contribution in [2.24, 2.45) is 5.92 Å². The van der Waals surface area contributed by atoms with Crippen LogP contribution < -0.4 is 0 Å². The Hall–Kier alpha value is -1.19. The maximum atomic E-state index is 11.7. The first-order valence-electron chi connectivity index (χ1n) is 7.10. The summed E-state index contributed by atoms with van der Waals surface area (Å²) in [6.07, 6.45) is 7.37. The van der Waals surface area contributed by atoms with Gasteiger partial charge in [-0.1, -0.05) is 24.9 Å². The van der Waals surface area contributed by atoms with Gasteiger partial charge in [0.25, 0.3) is 0 Å². The second kappa shape index (κ2) is 4.82. The van der Waals surface area contributed by atoms with Gasteiger partial charge < -0.3 is 4.52 Å². The summed E-state index contributed by atoms with van der Waals surface area (Å²) in [4.78, 5) is 16.2. The number of carbonyl (C=O) groups excluding carboxylic acids is 1. The van der Waals surface area contributed by atoms with Gasteiger partial charge in [0.2, 0.25) is 5.89 Å². The number of hydrogen-bond acceptors (Lipinski definition) is 4. The summed E-state index contributed by atoms with van der Waals surface area (Å²) in [6, 6.07) is 0. The van der Waals surface area contributed by atoms with Crippen LogP contribution in [0.5, 0.6) is 0 Å². The van der Waals surface area contributed by atoms with Crippen LogP contribution >= 0.6 is 0 Å². The van der Waals surface area contributed by atoms with Gasteiger partial charge in [-0.05, 0) is 31.6 Å². The maximum absolute atomic E-state index is 11.7. The zero-order valence-electron chi connectivity index (χ0n) is 10.9. The number of rotatable bonds is 2. The lowest BCUT2D eigenvalue weighted by Crippen LogP contribution is -2.13. The highest BCUT2D eigenvalue weighted by atomic mass is 16.5. The van der Waals surface area contributed by atoms with Crippen LogP contribution in [0.3, 0.4) is 0 Å². The van der Waals surface area contributed by atoms with Crippen molar-refractivity contribution in [3.05, 3.63) is 11.7 Å². The Morgan fingerprint density at radius 2 is 2.11 bits per heavy atom. The third-order valence-electron chi connectivity index (χ3n) is 4.36. The Morgan fingerprint density at radius 3 is 2.83 bits per heavy atom. The lowest BCUT2D eigenvalue weighted by Gasteiger charge is -2.23. The summed E-state index contributed by atoms with van der Waals surface area (Å²) in [7, 11) is 0. The zero-order valence-corrected chi connectivity index (χ0v) is 10.9. The fraction of sp³-hybridized carbons (Fsp3) is 0.786. The molecule has 0 spiro atoms. The highest BCUT2D eigenvalue weighted by molar-refractivity contribution is 5.86. The fourth-order valence-electron chi connectivity index (χ4n) is 3.30. The lowest BCUT2D eigenvalue weighted by atomic mass is 9.82. The van der Waals surface area contributed by atoms with Crippen LogP contribution in [-0.2, 0) is 4.79 Å². The molecule has 2 fully saturated rings. The van der Waals surface area contributed by atoms with E-state index in [1.807, 2.05) is 0 Å². The highest BCUT2D eigenvalue weighted by Crippen LogP contribution is 2.36. The zero-order chi connectivity index (χ0) is 12.5. The van der Waals surface area contributed by atoms with Crippen molar-refractivity contribution in [3.63, 3.8) is 0 Å². The largest absolute Gasteiger partial charge is 0.339 e. The van der Waals surface area contributed by atoms with Crippen molar-refractivity contribution in [2.75, 3.05) is 0 Å². The third-order valence-corrected chi connectivity index (χ3v) is 4.36. The van der Waals surface area contributed by atoms with Crippen molar-refractivity contribution >= 4 is 5.78 Å². The molecule has 2 saturated carbocycles. The Labute approximate surface area is 107 Å². The quantitative estimate of drug-likeness (QED) is 0.806. The number of hydrogen-bond donors (Lipinski definition) is 0. The molecule has 4 nitrogen and oxygen atoms in total. The predicted molar refractivity (Wildman–Crippen MR) is 66.3 cm³/mol. The summed E-state index contributed by atoms with van der Waals surface area (Å²) >= 11 is 0. The van der Waals surface area contributed by atoms with E-state index in [-0.39, 0.29) is 11.7 Å². The van der Waals surface area contributed by atoms with E-state index in [9.17, 15) is 4.79 Å². The first kappa shape index (κ1) is 11.9. The molecule has 0 amide bonds. The van der Waals surface area contributed by atoms with E-state index in [2.05, 4.69) is 17.1 Å². The van der Waals surface area contributed by atoms with Crippen LogP contribution in [0, 0.1) is 5.92 Å². The number of carbonyl (C=O) groups is 1. The summed E-state index contributed by atoms with van der Waals surface area (Å²) in [5.41, 5.74) is 0. The molecule has 0 N–H and O–H groups in total.